The van der Waals surface area contributed by atoms with Gasteiger partial charge in [0, 0.05) is 15.6 Å². The van der Waals surface area contributed by atoms with E-state index in [-0.39, 0.29) is 12.2 Å². The Morgan fingerprint density at radius 2 is 1.84 bits per heavy atom. The molecule has 0 saturated carbocycles. The molecular formula is C14H9BrF2NO. The lowest BCUT2D eigenvalue weighted by molar-refractivity contribution is 0.129. The number of hydrogen-bond acceptors (Lipinski definition) is 2. The molecule has 0 bridgehead atoms. The van der Waals surface area contributed by atoms with Crippen molar-refractivity contribution in [2.45, 2.75) is 6.61 Å². The molecule has 97 valence electrons. The minimum atomic E-state index is -0.915. The van der Waals surface area contributed by atoms with Crippen LogP contribution in [0.3, 0.4) is 0 Å². The van der Waals surface area contributed by atoms with Gasteiger partial charge in [-0.3, -0.25) is 0 Å². The Balaban J connectivity index is 1.93. The largest absolute Gasteiger partial charge is 0.390 e. The molecule has 5 heteroatoms. The fraction of sp³-hybridized carbons (Fsp3) is 0.0714. The van der Waals surface area contributed by atoms with Crippen LogP contribution in [-0.2, 0) is 11.4 Å². The molecule has 0 fully saturated rings. The second-order valence-electron chi connectivity index (χ2n) is 3.70. The van der Waals surface area contributed by atoms with Gasteiger partial charge in [-0.05, 0) is 18.2 Å². The number of nitrogens with zero attached hydrogens (tertiary/aromatic N) is 1. The van der Waals surface area contributed by atoms with E-state index in [2.05, 4.69) is 27.3 Å². The molecule has 2 aromatic rings. The summed E-state index contributed by atoms with van der Waals surface area (Å²) in [5, 5.41) is 3.58. The molecule has 0 atom stereocenters. The molecule has 0 spiro atoms. The highest BCUT2D eigenvalue weighted by Crippen LogP contribution is 2.12. The molecule has 0 saturated heterocycles. The van der Waals surface area contributed by atoms with E-state index in [1.54, 1.807) is 12.1 Å². The molecule has 0 aliphatic rings. The molecule has 0 aliphatic carbocycles. The summed E-state index contributed by atoms with van der Waals surface area (Å²) in [6.07, 6.45) is 2.64. The quantitative estimate of drug-likeness (QED) is 0.611. The van der Waals surface area contributed by atoms with Crippen molar-refractivity contribution in [2.24, 2.45) is 5.16 Å². The molecule has 1 radical (unpaired) electrons. The predicted molar refractivity (Wildman–Crippen MR) is 71.8 cm³/mol. The Bertz CT molecular complexity index is 584. The van der Waals surface area contributed by atoms with Gasteiger partial charge >= 0.3 is 0 Å². The molecule has 0 heterocycles. The van der Waals surface area contributed by atoms with Crippen LogP contribution in [-0.4, -0.2) is 6.21 Å². The SMILES string of the molecule is Fc1cccc(CO/N=[C]\c2ccc(Br)cc2)c1F. The van der Waals surface area contributed by atoms with Gasteiger partial charge in [0.1, 0.15) is 12.8 Å². The van der Waals surface area contributed by atoms with Crippen molar-refractivity contribution in [1.82, 2.24) is 0 Å². The lowest BCUT2D eigenvalue weighted by Crippen LogP contribution is -1.95. The molecule has 2 nitrogen and oxygen atoms in total. The fourth-order valence-electron chi connectivity index (χ4n) is 1.37. The minimum absolute atomic E-state index is 0.112. The van der Waals surface area contributed by atoms with Gasteiger partial charge in [-0.25, -0.2) is 8.78 Å². The minimum Gasteiger partial charge on any atom is -0.390 e. The van der Waals surface area contributed by atoms with Crippen LogP contribution in [0.25, 0.3) is 0 Å². The first-order chi connectivity index (χ1) is 9.16. The first-order valence-corrected chi connectivity index (χ1v) is 6.22. The zero-order chi connectivity index (χ0) is 13.7. The van der Waals surface area contributed by atoms with Crippen molar-refractivity contribution in [1.29, 1.82) is 0 Å². The summed E-state index contributed by atoms with van der Waals surface area (Å²) in [6.45, 7) is -0.146. The average molecular weight is 325 g/mol. The molecule has 0 N–H and O–H groups in total. The summed E-state index contributed by atoms with van der Waals surface area (Å²) in [5.74, 6) is -1.82. The van der Waals surface area contributed by atoms with Crippen LogP contribution in [0.4, 0.5) is 8.78 Å². The normalized spacial score (nSPS) is 10.9. The van der Waals surface area contributed by atoms with E-state index in [9.17, 15) is 8.78 Å². The van der Waals surface area contributed by atoms with Crippen LogP contribution in [0.2, 0.25) is 0 Å². The summed E-state index contributed by atoms with van der Waals surface area (Å²) in [5.41, 5.74) is 0.837. The van der Waals surface area contributed by atoms with Crippen molar-refractivity contribution < 1.29 is 13.6 Å². The van der Waals surface area contributed by atoms with Gasteiger partial charge in [-0.1, -0.05) is 45.4 Å². The third kappa shape index (κ3) is 3.86. The van der Waals surface area contributed by atoms with Gasteiger partial charge in [-0.15, -0.1) is 0 Å². The Labute approximate surface area is 117 Å². The van der Waals surface area contributed by atoms with E-state index < -0.39 is 11.6 Å². The van der Waals surface area contributed by atoms with Crippen LogP contribution in [0.15, 0.2) is 52.1 Å². The summed E-state index contributed by atoms with van der Waals surface area (Å²) < 4.78 is 27.1. The van der Waals surface area contributed by atoms with Crippen LogP contribution in [0, 0.1) is 11.6 Å². The van der Waals surface area contributed by atoms with E-state index in [1.165, 1.54) is 12.1 Å². The monoisotopic (exact) mass is 324 g/mol. The van der Waals surface area contributed by atoms with Crippen LogP contribution in [0.5, 0.6) is 0 Å². The van der Waals surface area contributed by atoms with Gasteiger partial charge in [0.05, 0.1) is 0 Å². The smallest absolute Gasteiger partial charge is 0.165 e. The maximum Gasteiger partial charge on any atom is 0.165 e. The van der Waals surface area contributed by atoms with Gasteiger partial charge in [0.15, 0.2) is 11.6 Å². The standard InChI is InChI=1S/C14H9BrF2NO/c15-12-6-4-10(5-7-12)8-18-19-9-11-2-1-3-13(16)14(11)17/h1-7H,9H2. The van der Waals surface area contributed by atoms with E-state index >= 15 is 0 Å². The third-order valence-electron chi connectivity index (χ3n) is 2.34. The zero-order valence-electron chi connectivity index (χ0n) is 9.74. The fourth-order valence-corrected chi connectivity index (χ4v) is 1.64. The van der Waals surface area contributed by atoms with Gasteiger partial charge in [0.2, 0.25) is 0 Å². The number of benzene rings is 2. The summed E-state index contributed by atoms with van der Waals surface area (Å²) in [4.78, 5) is 4.89. The number of hydrogen-bond donors (Lipinski definition) is 0. The maximum atomic E-state index is 13.3. The second-order valence-corrected chi connectivity index (χ2v) is 4.61. The van der Waals surface area contributed by atoms with Crippen LogP contribution in [0.1, 0.15) is 11.1 Å². The number of halogens is 3. The molecule has 19 heavy (non-hydrogen) atoms. The highest BCUT2D eigenvalue weighted by atomic mass is 79.9. The van der Waals surface area contributed by atoms with Crippen molar-refractivity contribution >= 4 is 22.1 Å². The third-order valence-corrected chi connectivity index (χ3v) is 2.86. The van der Waals surface area contributed by atoms with Gasteiger partial charge in [0.25, 0.3) is 0 Å². The second kappa shape index (κ2) is 6.43. The Morgan fingerprint density at radius 1 is 1.11 bits per heavy atom. The lowest BCUT2D eigenvalue weighted by atomic mass is 10.2. The predicted octanol–water partition coefficient (Wildman–Crippen LogP) is 4.16. The van der Waals surface area contributed by atoms with E-state index in [4.69, 9.17) is 4.84 Å². The Hall–Kier alpha value is -1.75. The molecule has 0 unspecified atom stereocenters. The molecule has 0 aliphatic heterocycles. The lowest BCUT2D eigenvalue weighted by Gasteiger charge is -2.01. The molecular weight excluding hydrogens is 316 g/mol. The highest BCUT2D eigenvalue weighted by molar-refractivity contribution is 9.10. The van der Waals surface area contributed by atoms with Crippen LogP contribution < -0.4 is 0 Å². The number of rotatable bonds is 4. The molecule has 2 aromatic carbocycles. The summed E-state index contributed by atoms with van der Waals surface area (Å²) in [6, 6.07) is 11.2. The van der Waals surface area contributed by atoms with Gasteiger partial charge in [-0.2, -0.15) is 0 Å². The molecule has 0 aromatic heterocycles. The topological polar surface area (TPSA) is 21.6 Å². The van der Waals surface area contributed by atoms with E-state index in [0.29, 0.717) is 0 Å². The summed E-state index contributed by atoms with van der Waals surface area (Å²) in [7, 11) is 0. The maximum absolute atomic E-state index is 13.3. The van der Waals surface area contributed by atoms with Crippen molar-refractivity contribution in [3.05, 3.63) is 69.7 Å². The molecule has 0 amide bonds. The van der Waals surface area contributed by atoms with E-state index in [1.807, 2.05) is 12.1 Å². The average Bonchev–Trinajstić information content (AvgIpc) is 2.41. The van der Waals surface area contributed by atoms with Crippen molar-refractivity contribution in [3.63, 3.8) is 0 Å². The Morgan fingerprint density at radius 3 is 2.58 bits per heavy atom. The highest BCUT2D eigenvalue weighted by Gasteiger charge is 2.07. The van der Waals surface area contributed by atoms with Crippen LogP contribution >= 0.6 is 15.9 Å². The first-order valence-electron chi connectivity index (χ1n) is 5.43. The Kier molecular flexibility index (Phi) is 4.63. The van der Waals surface area contributed by atoms with Gasteiger partial charge < -0.3 is 4.84 Å². The summed E-state index contributed by atoms with van der Waals surface area (Å²) >= 11 is 3.31. The van der Waals surface area contributed by atoms with Crippen molar-refractivity contribution in [2.75, 3.05) is 0 Å². The first kappa shape index (κ1) is 13.7. The van der Waals surface area contributed by atoms with Crippen molar-refractivity contribution in [3.8, 4) is 0 Å². The van der Waals surface area contributed by atoms with E-state index in [0.717, 1.165) is 16.1 Å². The molecule has 2 rings (SSSR count). The zero-order valence-corrected chi connectivity index (χ0v) is 11.3.